The van der Waals surface area contributed by atoms with Gasteiger partial charge in [0.25, 0.3) is 5.91 Å². The van der Waals surface area contributed by atoms with Gasteiger partial charge in [-0.2, -0.15) is 0 Å². The predicted molar refractivity (Wildman–Crippen MR) is 123 cm³/mol. The molecule has 4 amide bonds. The lowest BCUT2D eigenvalue weighted by Crippen LogP contribution is -2.59. The van der Waals surface area contributed by atoms with Crippen molar-refractivity contribution < 1.29 is 19.2 Å². The van der Waals surface area contributed by atoms with Gasteiger partial charge >= 0.3 is 0 Å². The second kappa shape index (κ2) is 9.40. The molecule has 2 atom stereocenters. The third kappa shape index (κ3) is 4.77. The van der Waals surface area contributed by atoms with Gasteiger partial charge in [0.15, 0.2) is 0 Å². The molecule has 8 heteroatoms. The first-order chi connectivity index (χ1) is 16.0. The smallest absolute Gasteiger partial charge is 0.251 e. The molecule has 1 heterocycles. The standard InChI is InChI=1S/C25H22N4O4/c1-2-16-7-5-9-18(13-16)27-22(30)15-26-23(31)17-8-6-10-19(14-17)29-25(33)21-12-4-3-11-20(21)24(32)28-29/h1,3-10,13-14,20-21H,11-12,15H2,(H,26,31)(H,27,30)(H,28,32). The van der Waals surface area contributed by atoms with E-state index < -0.39 is 17.7 Å². The van der Waals surface area contributed by atoms with Gasteiger partial charge in [-0.1, -0.05) is 30.2 Å². The number of fused-ring (bicyclic) bond motifs is 1. The lowest BCUT2D eigenvalue weighted by molar-refractivity contribution is -0.139. The van der Waals surface area contributed by atoms with Gasteiger partial charge in [-0.25, -0.2) is 5.01 Å². The van der Waals surface area contributed by atoms with Crippen molar-refractivity contribution in [3.63, 3.8) is 0 Å². The average molecular weight is 442 g/mol. The maximum Gasteiger partial charge on any atom is 0.251 e. The summed E-state index contributed by atoms with van der Waals surface area (Å²) in [6, 6.07) is 13.1. The van der Waals surface area contributed by atoms with E-state index in [1.54, 1.807) is 42.5 Å². The minimum Gasteiger partial charge on any atom is -0.343 e. The Balaban J connectivity index is 1.40. The predicted octanol–water partition coefficient (Wildman–Crippen LogP) is 2.00. The van der Waals surface area contributed by atoms with Crippen LogP contribution in [-0.4, -0.2) is 30.2 Å². The molecule has 4 rings (SSSR count). The molecule has 0 aromatic heterocycles. The van der Waals surface area contributed by atoms with Crippen molar-refractivity contribution in [3.05, 3.63) is 71.8 Å². The Hall–Kier alpha value is -4.38. The van der Waals surface area contributed by atoms with E-state index in [1.807, 2.05) is 12.2 Å². The van der Waals surface area contributed by atoms with Gasteiger partial charge in [0.2, 0.25) is 17.7 Å². The summed E-state index contributed by atoms with van der Waals surface area (Å²) in [6.07, 6.45) is 10.2. The number of terminal acetylenes is 1. The summed E-state index contributed by atoms with van der Waals surface area (Å²) in [6.45, 7) is -0.251. The Morgan fingerprint density at radius 3 is 2.61 bits per heavy atom. The van der Waals surface area contributed by atoms with E-state index in [9.17, 15) is 19.2 Å². The first-order valence-corrected chi connectivity index (χ1v) is 10.5. The van der Waals surface area contributed by atoms with E-state index in [4.69, 9.17) is 6.42 Å². The lowest BCUT2D eigenvalue weighted by atomic mass is 9.80. The van der Waals surface area contributed by atoms with Crippen molar-refractivity contribution in [3.8, 4) is 12.3 Å². The molecule has 2 aliphatic rings. The minimum absolute atomic E-state index is 0.213. The first kappa shape index (κ1) is 21.8. The summed E-state index contributed by atoms with van der Waals surface area (Å²) >= 11 is 0. The van der Waals surface area contributed by atoms with Gasteiger partial charge < -0.3 is 10.6 Å². The van der Waals surface area contributed by atoms with Gasteiger partial charge in [-0.05, 0) is 49.2 Å². The van der Waals surface area contributed by atoms with Gasteiger partial charge in [-0.15, -0.1) is 6.42 Å². The molecular weight excluding hydrogens is 420 g/mol. The fraction of sp³-hybridized carbons (Fsp3) is 0.200. The zero-order valence-corrected chi connectivity index (χ0v) is 17.7. The summed E-state index contributed by atoms with van der Waals surface area (Å²) in [7, 11) is 0. The molecule has 2 aromatic rings. The minimum atomic E-state index is -0.487. The summed E-state index contributed by atoms with van der Waals surface area (Å²) in [5.74, 6) is 0.367. The Kier molecular flexibility index (Phi) is 6.22. The monoisotopic (exact) mass is 442 g/mol. The Labute approximate surface area is 191 Å². The molecule has 1 fully saturated rings. The molecule has 0 spiro atoms. The highest BCUT2D eigenvalue weighted by atomic mass is 16.2. The van der Waals surface area contributed by atoms with Gasteiger partial charge in [0, 0.05) is 16.8 Å². The number of carbonyl (C=O) groups is 4. The van der Waals surface area contributed by atoms with E-state index in [0.29, 0.717) is 29.8 Å². The molecule has 8 nitrogen and oxygen atoms in total. The number of nitrogens with zero attached hydrogens (tertiary/aromatic N) is 1. The Morgan fingerprint density at radius 1 is 1.06 bits per heavy atom. The summed E-state index contributed by atoms with van der Waals surface area (Å²) in [5, 5.41) is 6.42. The number of carbonyl (C=O) groups excluding carboxylic acids is 4. The van der Waals surface area contributed by atoms with E-state index >= 15 is 0 Å². The summed E-state index contributed by atoms with van der Waals surface area (Å²) in [4.78, 5) is 50.2. The number of hydrogen-bond donors (Lipinski definition) is 3. The number of hydrazine groups is 1. The molecule has 0 radical (unpaired) electrons. The summed E-state index contributed by atoms with van der Waals surface area (Å²) < 4.78 is 0. The highest BCUT2D eigenvalue weighted by Gasteiger charge is 2.42. The Bertz CT molecular complexity index is 1200. The Morgan fingerprint density at radius 2 is 1.82 bits per heavy atom. The largest absolute Gasteiger partial charge is 0.343 e. The van der Waals surface area contributed by atoms with Crippen LogP contribution in [0.1, 0.15) is 28.8 Å². The van der Waals surface area contributed by atoms with Crippen LogP contribution >= 0.6 is 0 Å². The number of allylic oxidation sites excluding steroid dienone is 2. The number of rotatable bonds is 5. The van der Waals surface area contributed by atoms with Crippen LogP contribution in [0.2, 0.25) is 0 Å². The van der Waals surface area contributed by atoms with E-state index in [2.05, 4.69) is 22.0 Å². The van der Waals surface area contributed by atoms with Crippen LogP contribution in [0, 0.1) is 24.2 Å². The number of amides is 4. The van der Waals surface area contributed by atoms with Crippen molar-refractivity contribution in [2.75, 3.05) is 16.9 Å². The number of benzene rings is 2. The highest BCUT2D eigenvalue weighted by Crippen LogP contribution is 2.32. The molecule has 3 N–H and O–H groups in total. The third-order valence-corrected chi connectivity index (χ3v) is 5.62. The molecular formula is C25H22N4O4. The molecule has 33 heavy (non-hydrogen) atoms. The highest BCUT2D eigenvalue weighted by molar-refractivity contribution is 6.05. The summed E-state index contributed by atoms with van der Waals surface area (Å²) in [5.41, 5.74) is 4.42. The third-order valence-electron chi connectivity index (χ3n) is 5.62. The lowest BCUT2D eigenvalue weighted by Gasteiger charge is -2.38. The van der Waals surface area contributed by atoms with Crippen LogP contribution in [0.25, 0.3) is 0 Å². The molecule has 0 saturated carbocycles. The van der Waals surface area contributed by atoms with Gasteiger partial charge in [-0.3, -0.25) is 24.6 Å². The topological polar surface area (TPSA) is 108 Å². The van der Waals surface area contributed by atoms with Crippen molar-refractivity contribution in [1.82, 2.24) is 10.7 Å². The van der Waals surface area contributed by atoms with Gasteiger partial charge in [0.1, 0.15) is 0 Å². The maximum atomic E-state index is 12.9. The number of hydrogen-bond acceptors (Lipinski definition) is 4. The fourth-order valence-electron chi connectivity index (χ4n) is 3.92. The zero-order valence-electron chi connectivity index (χ0n) is 17.7. The van der Waals surface area contributed by atoms with Gasteiger partial charge in [0.05, 0.1) is 24.1 Å². The zero-order chi connectivity index (χ0) is 23.4. The van der Waals surface area contributed by atoms with Crippen molar-refractivity contribution >= 4 is 35.0 Å². The van der Waals surface area contributed by atoms with Crippen LogP contribution in [-0.2, 0) is 14.4 Å². The molecule has 0 bridgehead atoms. The van der Waals surface area contributed by atoms with E-state index in [1.165, 1.54) is 11.1 Å². The normalized spacial score (nSPS) is 19.2. The second-order valence-corrected chi connectivity index (χ2v) is 7.81. The molecule has 1 aliphatic carbocycles. The number of nitrogens with one attached hydrogen (secondary N) is 3. The van der Waals surface area contributed by atoms with Crippen molar-refractivity contribution in [1.29, 1.82) is 0 Å². The quantitative estimate of drug-likeness (QED) is 0.486. The fourth-order valence-corrected chi connectivity index (χ4v) is 3.92. The molecule has 1 aliphatic heterocycles. The second-order valence-electron chi connectivity index (χ2n) is 7.81. The van der Waals surface area contributed by atoms with Crippen LogP contribution in [0.3, 0.4) is 0 Å². The molecule has 2 unspecified atom stereocenters. The van der Waals surface area contributed by atoms with E-state index in [0.717, 1.165) is 0 Å². The molecule has 166 valence electrons. The SMILES string of the molecule is C#Cc1cccc(NC(=O)CNC(=O)c2cccc(N3NC(=O)C4CC=CCC4C3=O)c2)c1. The van der Waals surface area contributed by atoms with Crippen molar-refractivity contribution in [2.45, 2.75) is 12.8 Å². The molecule has 1 saturated heterocycles. The maximum absolute atomic E-state index is 12.9. The average Bonchev–Trinajstić information content (AvgIpc) is 2.85. The van der Waals surface area contributed by atoms with Crippen molar-refractivity contribution in [2.24, 2.45) is 11.8 Å². The molecule has 2 aromatic carbocycles. The van der Waals surface area contributed by atoms with Crippen LogP contribution in [0.4, 0.5) is 11.4 Å². The van der Waals surface area contributed by atoms with Crippen LogP contribution in [0.15, 0.2) is 60.7 Å². The first-order valence-electron chi connectivity index (χ1n) is 10.5. The van der Waals surface area contributed by atoms with E-state index in [-0.39, 0.29) is 29.8 Å². The van der Waals surface area contributed by atoms with Crippen LogP contribution < -0.4 is 21.1 Å². The van der Waals surface area contributed by atoms with Crippen LogP contribution in [0.5, 0.6) is 0 Å². The number of anilines is 2.